The van der Waals surface area contributed by atoms with Crippen LogP contribution in [0.25, 0.3) is 5.69 Å². The first-order valence-electron chi connectivity index (χ1n) is 6.67. The van der Waals surface area contributed by atoms with Gasteiger partial charge < -0.3 is 15.2 Å². The maximum Gasteiger partial charge on any atom is 0.163 e. The molecule has 0 saturated carbocycles. The van der Waals surface area contributed by atoms with Crippen molar-refractivity contribution in [1.82, 2.24) is 20.2 Å². The SMILES string of the molecule is CCOc1ccc(-n2nnnc2CCN)cc1OCC. The number of benzene rings is 1. The molecule has 0 bridgehead atoms. The highest BCUT2D eigenvalue weighted by molar-refractivity contribution is 5.48. The summed E-state index contributed by atoms with van der Waals surface area (Å²) in [5, 5.41) is 11.6. The van der Waals surface area contributed by atoms with Gasteiger partial charge in [-0.25, -0.2) is 0 Å². The van der Waals surface area contributed by atoms with E-state index in [4.69, 9.17) is 15.2 Å². The zero-order valence-corrected chi connectivity index (χ0v) is 11.7. The second-order valence-electron chi connectivity index (χ2n) is 4.04. The molecule has 0 spiro atoms. The molecule has 0 unspecified atom stereocenters. The molecule has 7 nitrogen and oxygen atoms in total. The first kappa shape index (κ1) is 14.3. The first-order chi connectivity index (χ1) is 9.80. The Kier molecular flexibility index (Phi) is 4.89. The van der Waals surface area contributed by atoms with E-state index in [9.17, 15) is 0 Å². The van der Waals surface area contributed by atoms with E-state index in [1.165, 1.54) is 0 Å². The minimum atomic E-state index is 0.496. The van der Waals surface area contributed by atoms with Crippen LogP contribution < -0.4 is 15.2 Å². The summed E-state index contributed by atoms with van der Waals surface area (Å²) in [4.78, 5) is 0. The molecule has 0 aliphatic carbocycles. The van der Waals surface area contributed by atoms with Crippen molar-refractivity contribution in [2.24, 2.45) is 5.73 Å². The second kappa shape index (κ2) is 6.85. The summed E-state index contributed by atoms with van der Waals surface area (Å²) in [7, 11) is 0. The van der Waals surface area contributed by atoms with Gasteiger partial charge in [0.05, 0.1) is 18.9 Å². The Morgan fingerprint density at radius 1 is 1.15 bits per heavy atom. The summed E-state index contributed by atoms with van der Waals surface area (Å²) in [5.41, 5.74) is 6.38. The monoisotopic (exact) mass is 277 g/mol. The molecule has 7 heteroatoms. The molecule has 2 aromatic rings. The van der Waals surface area contributed by atoms with Crippen LogP contribution in [0, 0.1) is 0 Å². The minimum Gasteiger partial charge on any atom is -0.490 e. The van der Waals surface area contributed by atoms with Crippen LogP contribution in [0.4, 0.5) is 0 Å². The second-order valence-corrected chi connectivity index (χ2v) is 4.04. The molecule has 20 heavy (non-hydrogen) atoms. The molecule has 1 aromatic heterocycles. The Morgan fingerprint density at radius 2 is 1.90 bits per heavy atom. The highest BCUT2D eigenvalue weighted by atomic mass is 16.5. The highest BCUT2D eigenvalue weighted by Crippen LogP contribution is 2.29. The Hall–Kier alpha value is -2.15. The molecule has 0 radical (unpaired) electrons. The van der Waals surface area contributed by atoms with Crippen molar-refractivity contribution in [3.8, 4) is 17.2 Å². The van der Waals surface area contributed by atoms with Gasteiger partial charge in [-0.3, -0.25) is 0 Å². The summed E-state index contributed by atoms with van der Waals surface area (Å²) in [5.74, 6) is 2.12. The molecule has 0 fully saturated rings. The van der Waals surface area contributed by atoms with Gasteiger partial charge in [0.25, 0.3) is 0 Å². The quantitative estimate of drug-likeness (QED) is 0.811. The highest BCUT2D eigenvalue weighted by Gasteiger charge is 2.11. The summed E-state index contributed by atoms with van der Waals surface area (Å²) in [6.45, 7) is 5.51. The Bertz CT molecular complexity index is 555. The predicted octanol–water partition coefficient (Wildman–Crippen LogP) is 0.961. The predicted molar refractivity (Wildman–Crippen MR) is 74.3 cm³/mol. The van der Waals surface area contributed by atoms with Crippen molar-refractivity contribution in [2.45, 2.75) is 20.3 Å². The van der Waals surface area contributed by atoms with Gasteiger partial charge in [0.15, 0.2) is 17.3 Å². The molecule has 0 aliphatic heterocycles. The number of hydrogen-bond donors (Lipinski definition) is 1. The number of rotatable bonds is 7. The van der Waals surface area contributed by atoms with Crippen LogP contribution in [0.3, 0.4) is 0 Å². The molecular formula is C13H19N5O2. The fraction of sp³-hybridized carbons (Fsp3) is 0.462. The lowest BCUT2D eigenvalue weighted by atomic mass is 10.2. The van der Waals surface area contributed by atoms with Gasteiger partial charge in [-0.2, -0.15) is 4.68 Å². The topological polar surface area (TPSA) is 88.1 Å². The van der Waals surface area contributed by atoms with Crippen LogP contribution >= 0.6 is 0 Å². The lowest BCUT2D eigenvalue weighted by molar-refractivity contribution is 0.287. The third-order valence-electron chi connectivity index (χ3n) is 2.67. The average Bonchev–Trinajstić information content (AvgIpc) is 2.90. The van der Waals surface area contributed by atoms with Crippen LogP contribution in [0.2, 0.25) is 0 Å². The number of aromatic nitrogens is 4. The Labute approximate surface area is 117 Å². The molecule has 0 saturated heterocycles. The molecule has 0 aliphatic rings. The molecule has 1 heterocycles. The van der Waals surface area contributed by atoms with Crippen molar-refractivity contribution in [3.63, 3.8) is 0 Å². The van der Waals surface area contributed by atoms with E-state index >= 15 is 0 Å². The smallest absolute Gasteiger partial charge is 0.163 e. The molecule has 2 rings (SSSR count). The van der Waals surface area contributed by atoms with Crippen molar-refractivity contribution >= 4 is 0 Å². The van der Waals surface area contributed by atoms with Crippen LogP contribution in [0.1, 0.15) is 19.7 Å². The summed E-state index contributed by atoms with van der Waals surface area (Å²) in [6.07, 6.45) is 0.615. The normalized spacial score (nSPS) is 10.6. The van der Waals surface area contributed by atoms with E-state index in [1.54, 1.807) is 4.68 Å². The summed E-state index contributed by atoms with van der Waals surface area (Å²) < 4.78 is 12.8. The molecule has 2 N–H and O–H groups in total. The van der Waals surface area contributed by atoms with Gasteiger partial charge in [0.2, 0.25) is 0 Å². The number of hydrogen-bond acceptors (Lipinski definition) is 6. The summed E-state index contributed by atoms with van der Waals surface area (Å²) >= 11 is 0. The fourth-order valence-corrected chi connectivity index (χ4v) is 1.86. The fourth-order valence-electron chi connectivity index (χ4n) is 1.86. The van der Waals surface area contributed by atoms with Crippen molar-refractivity contribution in [3.05, 3.63) is 24.0 Å². The van der Waals surface area contributed by atoms with Gasteiger partial charge in [-0.1, -0.05) is 0 Å². The van der Waals surface area contributed by atoms with Crippen molar-refractivity contribution in [2.75, 3.05) is 19.8 Å². The molecular weight excluding hydrogens is 258 g/mol. The maximum absolute atomic E-state index is 5.60. The lowest BCUT2D eigenvalue weighted by Crippen LogP contribution is -2.10. The van der Waals surface area contributed by atoms with Gasteiger partial charge in [0.1, 0.15) is 0 Å². The minimum absolute atomic E-state index is 0.496. The first-order valence-corrected chi connectivity index (χ1v) is 6.67. The zero-order chi connectivity index (χ0) is 14.4. The lowest BCUT2D eigenvalue weighted by Gasteiger charge is -2.12. The maximum atomic E-state index is 5.60. The standard InChI is InChI=1S/C13H19N5O2/c1-3-19-11-6-5-10(9-12(11)20-4-2)18-13(7-8-14)15-16-17-18/h5-6,9H,3-4,7-8,14H2,1-2H3. The Morgan fingerprint density at radius 3 is 2.60 bits per heavy atom. The van der Waals surface area contributed by atoms with E-state index in [2.05, 4.69) is 15.5 Å². The van der Waals surface area contributed by atoms with E-state index in [1.807, 2.05) is 32.0 Å². The van der Waals surface area contributed by atoms with Gasteiger partial charge in [-0.05, 0) is 43.0 Å². The van der Waals surface area contributed by atoms with Gasteiger partial charge >= 0.3 is 0 Å². The van der Waals surface area contributed by atoms with Crippen LogP contribution in [0.15, 0.2) is 18.2 Å². The Balaban J connectivity index is 2.36. The number of nitrogens with two attached hydrogens (primary N) is 1. The van der Waals surface area contributed by atoms with E-state index < -0.39 is 0 Å². The summed E-state index contributed by atoms with van der Waals surface area (Å²) in [6, 6.07) is 5.62. The van der Waals surface area contributed by atoms with Crippen LogP contribution in [0.5, 0.6) is 11.5 Å². The number of ether oxygens (including phenoxy) is 2. The van der Waals surface area contributed by atoms with Crippen LogP contribution in [-0.2, 0) is 6.42 Å². The number of nitrogens with zero attached hydrogens (tertiary/aromatic N) is 4. The average molecular weight is 277 g/mol. The van der Waals surface area contributed by atoms with Crippen molar-refractivity contribution < 1.29 is 9.47 Å². The zero-order valence-electron chi connectivity index (χ0n) is 11.7. The van der Waals surface area contributed by atoms with Gasteiger partial charge in [-0.15, -0.1) is 5.10 Å². The largest absolute Gasteiger partial charge is 0.490 e. The van der Waals surface area contributed by atoms with E-state index in [-0.39, 0.29) is 0 Å². The molecule has 0 atom stereocenters. The van der Waals surface area contributed by atoms with E-state index in [0.29, 0.717) is 37.7 Å². The molecule has 1 aromatic carbocycles. The van der Waals surface area contributed by atoms with Crippen LogP contribution in [-0.4, -0.2) is 40.0 Å². The third-order valence-corrected chi connectivity index (χ3v) is 2.67. The third kappa shape index (κ3) is 3.05. The molecule has 0 amide bonds. The number of tetrazole rings is 1. The van der Waals surface area contributed by atoms with E-state index in [0.717, 1.165) is 11.5 Å². The molecule has 108 valence electrons. The van der Waals surface area contributed by atoms with Crippen molar-refractivity contribution in [1.29, 1.82) is 0 Å². The van der Waals surface area contributed by atoms with Gasteiger partial charge in [0, 0.05) is 12.5 Å².